The fraction of sp³-hybridized carbons (Fsp3) is 0.933. The van der Waals surface area contributed by atoms with Crippen LogP contribution in [0.25, 0.3) is 0 Å². The summed E-state index contributed by atoms with van der Waals surface area (Å²) in [6.07, 6.45) is 9.52. The summed E-state index contributed by atoms with van der Waals surface area (Å²) in [4.78, 5) is 3.02. The number of hydrogen-bond acceptors (Lipinski definition) is 0. The molecule has 0 fully saturated rings. The minimum Gasteiger partial charge on any atom is -0.346 e. The fourth-order valence-electron chi connectivity index (χ4n) is 2.48. The molecule has 0 amide bonds. The Morgan fingerprint density at radius 1 is 1.00 bits per heavy atom. The Morgan fingerprint density at radius 2 is 1.68 bits per heavy atom. The monoisotopic (exact) mass is 273 g/mol. The predicted octanol–water partition coefficient (Wildman–Crippen LogP) is -0.946. The molecular formula is C15H37N4+3. The first-order valence-corrected chi connectivity index (χ1v) is 8.03. The number of nitrogens with one attached hydrogen (secondary N) is 1. The third-order valence-electron chi connectivity index (χ3n) is 3.60. The zero-order valence-corrected chi connectivity index (χ0v) is 13.5. The van der Waals surface area contributed by atoms with Gasteiger partial charge in [0.15, 0.2) is 0 Å². The van der Waals surface area contributed by atoms with Crippen molar-refractivity contribution in [2.75, 3.05) is 46.8 Å². The maximum atomic E-state index is 5.24. The largest absolute Gasteiger partial charge is 0.346 e. The lowest BCUT2D eigenvalue weighted by Gasteiger charge is -2.29. The molecule has 0 aliphatic carbocycles. The van der Waals surface area contributed by atoms with E-state index in [1.165, 1.54) is 75.5 Å². The Hall–Kier alpha value is -0.610. The van der Waals surface area contributed by atoms with Crippen molar-refractivity contribution in [3.63, 3.8) is 0 Å². The van der Waals surface area contributed by atoms with Gasteiger partial charge in [-0.05, 0) is 32.1 Å². The van der Waals surface area contributed by atoms with Gasteiger partial charge in [0, 0.05) is 6.42 Å². The molecule has 5 N–H and O–H groups in total. The summed E-state index contributed by atoms with van der Waals surface area (Å²) in [6, 6.07) is 0. The van der Waals surface area contributed by atoms with E-state index in [2.05, 4.69) is 31.3 Å². The molecule has 0 aromatic heterocycles. The van der Waals surface area contributed by atoms with Crippen LogP contribution in [-0.2, 0) is 0 Å². The lowest BCUT2D eigenvalue weighted by atomic mass is 10.1. The van der Waals surface area contributed by atoms with Gasteiger partial charge in [-0.1, -0.05) is 6.92 Å². The first kappa shape index (κ1) is 18.4. The summed E-state index contributed by atoms with van der Waals surface area (Å²) in [5.41, 5.74) is 5.24. The molecule has 114 valence electrons. The standard InChI is InChI=1S/C15H35N4/c1-4-13-19(2,3)14-8-6-5-7-10-17-11-9-12-18-15-16/h15,17H,4-14H2,1-3H3,(H2,16,18)/q+1/p+2. The van der Waals surface area contributed by atoms with Gasteiger partial charge in [0.2, 0.25) is 6.34 Å². The lowest BCUT2D eigenvalue weighted by Crippen LogP contribution is -2.85. The highest BCUT2D eigenvalue weighted by Gasteiger charge is 2.11. The van der Waals surface area contributed by atoms with Gasteiger partial charge in [-0.15, -0.1) is 0 Å². The summed E-state index contributed by atoms with van der Waals surface area (Å²) >= 11 is 0. The summed E-state index contributed by atoms with van der Waals surface area (Å²) in [7, 11) is 4.70. The molecule has 0 radical (unpaired) electrons. The van der Waals surface area contributed by atoms with Crippen LogP contribution >= 0.6 is 0 Å². The van der Waals surface area contributed by atoms with E-state index in [1.807, 2.05) is 0 Å². The Bertz CT molecular complexity index is 214. The van der Waals surface area contributed by atoms with Crippen molar-refractivity contribution in [2.45, 2.75) is 45.4 Å². The van der Waals surface area contributed by atoms with Crippen LogP contribution in [0.15, 0.2) is 0 Å². The zero-order valence-electron chi connectivity index (χ0n) is 13.5. The molecule has 0 aliphatic heterocycles. The topological polar surface area (TPSA) is 56.6 Å². The minimum atomic E-state index is 0.997. The molecule has 0 saturated carbocycles. The molecule has 0 aromatic rings. The highest BCUT2D eigenvalue weighted by Crippen LogP contribution is 2.05. The number of nitrogens with two attached hydrogens (primary N) is 2. The number of unbranched alkanes of at least 4 members (excludes halogenated alkanes) is 3. The van der Waals surface area contributed by atoms with Gasteiger partial charge < -0.3 is 9.80 Å². The number of nitrogens with zero attached hydrogens (tertiary/aromatic N) is 1. The van der Waals surface area contributed by atoms with Crippen LogP contribution in [0.1, 0.15) is 45.4 Å². The van der Waals surface area contributed by atoms with E-state index >= 15 is 0 Å². The van der Waals surface area contributed by atoms with Crippen LogP contribution in [-0.4, -0.2) is 57.6 Å². The van der Waals surface area contributed by atoms with Crippen molar-refractivity contribution < 1.29 is 14.8 Å². The van der Waals surface area contributed by atoms with Crippen LogP contribution in [0.5, 0.6) is 0 Å². The Morgan fingerprint density at radius 3 is 2.37 bits per heavy atom. The van der Waals surface area contributed by atoms with E-state index in [1.54, 1.807) is 0 Å². The molecule has 0 rings (SSSR count). The number of hydrogen-bond donors (Lipinski definition) is 3. The van der Waals surface area contributed by atoms with Crippen LogP contribution < -0.4 is 16.0 Å². The van der Waals surface area contributed by atoms with Crippen molar-refractivity contribution in [1.82, 2.24) is 0 Å². The van der Waals surface area contributed by atoms with Gasteiger partial charge in [-0.25, -0.2) is 0 Å². The summed E-state index contributed by atoms with van der Waals surface area (Å²) in [5.74, 6) is 0. The fourth-order valence-corrected chi connectivity index (χ4v) is 2.48. The second kappa shape index (κ2) is 12.4. The second-order valence-electron chi connectivity index (χ2n) is 6.14. The number of quaternary nitrogens is 2. The SMILES string of the molecule is CCC[N+](C)(C)CCCCCC[NH2+]CCC[NH+]=CN. The highest BCUT2D eigenvalue weighted by atomic mass is 15.3. The first-order valence-electron chi connectivity index (χ1n) is 8.03. The van der Waals surface area contributed by atoms with Crippen molar-refractivity contribution in [2.24, 2.45) is 5.73 Å². The normalized spacial score (nSPS) is 12.4. The van der Waals surface area contributed by atoms with Crippen LogP contribution in [0.3, 0.4) is 0 Å². The quantitative estimate of drug-likeness (QED) is 0.172. The molecule has 0 atom stereocenters. The smallest absolute Gasteiger partial charge is 0.227 e. The Kier molecular flexibility index (Phi) is 12.0. The van der Waals surface area contributed by atoms with E-state index in [9.17, 15) is 0 Å². The van der Waals surface area contributed by atoms with Gasteiger partial charge in [-0.3, -0.25) is 10.7 Å². The molecule has 0 unspecified atom stereocenters. The highest BCUT2D eigenvalue weighted by molar-refractivity contribution is 5.42. The van der Waals surface area contributed by atoms with E-state index in [0.29, 0.717) is 0 Å². The molecular weight excluding hydrogens is 236 g/mol. The molecule has 19 heavy (non-hydrogen) atoms. The van der Waals surface area contributed by atoms with Crippen molar-refractivity contribution in [1.29, 1.82) is 0 Å². The second-order valence-corrected chi connectivity index (χ2v) is 6.14. The summed E-state index contributed by atoms with van der Waals surface area (Å²) in [5, 5.41) is 2.43. The van der Waals surface area contributed by atoms with Crippen LogP contribution in [0, 0.1) is 0 Å². The lowest BCUT2D eigenvalue weighted by molar-refractivity contribution is -0.890. The third-order valence-corrected chi connectivity index (χ3v) is 3.60. The Balaban J connectivity index is 3.19. The zero-order chi connectivity index (χ0) is 14.4. The van der Waals surface area contributed by atoms with Gasteiger partial charge in [0.1, 0.15) is 0 Å². The van der Waals surface area contributed by atoms with Crippen molar-refractivity contribution in [3.8, 4) is 0 Å². The molecule has 4 nitrogen and oxygen atoms in total. The van der Waals surface area contributed by atoms with Gasteiger partial charge >= 0.3 is 0 Å². The first-order chi connectivity index (χ1) is 9.12. The molecule has 0 aliphatic rings. The van der Waals surface area contributed by atoms with E-state index < -0.39 is 0 Å². The van der Waals surface area contributed by atoms with Gasteiger partial charge in [-0.2, -0.15) is 0 Å². The molecule has 0 bridgehead atoms. The Labute approximate surface area is 120 Å². The van der Waals surface area contributed by atoms with Gasteiger partial charge in [0.25, 0.3) is 0 Å². The average Bonchev–Trinajstić information content (AvgIpc) is 2.36. The molecule has 0 aromatic carbocycles. The van der Waals surface area contributed by atoms with Gasteiger partial charge in [0.05, 0.1) is 46.8 Å². The summed E-state index contributed by atoms with van der Waals surface area (Å²) in [6.45, 7) is 8.40. The van der Waals surface area contributed by atoms with Crippen LogP contribution in [0.2, 0.25) is 0 Å². The van der Waals surface area contributed by atoms with E-state index in [4.69, 9.17) is 5.73 Å². The van der Waals surface area contributed by atoms with Crippen molar-refractivity contribution >= 4 is 6.34 Å². The maximum Gasteiger partial charge on any atom is 0.227 e. The average molecular weight is 273 g/mol. The molecule has 0 heterocycles. The van der Waals surface area contributed by atoms with E-state index in [-0.39, 0.29) is 0 Å². The molecule has 4 heteroatoms. The number of rotatable bonds is 13. The van der Waals surface area contributed by atoms with Crippen molar-refractivity contribution in [3.05, 3.63) is 0 Å². The summed E-state index contributed by atoms with van der Waals surface area (Å²) < 4.78 is 1.19. The minimum absolute atomic E-state index is 0.997. The van der Waals surface area contributed by atoms with Crippen LogP contribution in [0.4, 0.5) is 0 Å². The predicted molar refractivity (Wildman–Crippen MR) is 83.0 cm³/mol. The molecule has 0 saturated heterocycles. The maximum absolute atomic E-state index is 5.24. The third kappa shape index (κ3) is 13.6. The molecule has 0 spiro atoms. The van der Waals surface area contributed by atoms with E-state index in [0.717, 1.165) is 6.54 Å².